The highest BCUT2D eigenvalue weighted by Gasteiger charge is 2.21. The highest BCUT2D eigenvalue weighted by atomic mass is 16.5. The molecule has 0 aromatic carbocycles. The summed E-state index contributed by atoms with van der Waals surface area (Å²) in [6.07, 6.45) is 1.32. The average Bonchev–Trinajstić information content (AvgIpc) is 2.29. The number of hydrogen-bond donors (Lipinski definition) is 0. The summed E-state index contributed by atoms with van der Waals surface area (Å²) < 4.78 is 4.99. The number of carbonyl (C=O) groups is 3. The Bertz CT molecular complexity index is 324. The zero-order valence-electron chi connectivity index (χ0n) is 12.7. The molecule has 0 atom stereocenters. The quantitative estimate of drug-likeness (QED) is 0.502. The first-order chi connectivity index (χ1) is 8.64. The molecule has 0 N–H and O–H groups in total. The molecular formula is C15H26O4. The fourth-order valence-electron chi connectivity index (χ4n) is 1.38. The molecule has 0 aliphatic carbocycles. The normalized spacial score (nSPS) is 11.5. The van der Waals surface area contributed by atoms with Gasteiger partial charge in [-0.2, -0.15) is 0 Å². The Balaban J connectivity index is 3.72. The molecule has 0 rings (SSSR count). The first kappa shape index (κ1) is 17.8. The molecule has 4 nitrogen and oxygen atoms in total. The van der Waals surface area contributed by atoms with E-state index in [1.54, 1.807) is 0 Å². The van der Waals surface area contributed by atoms with Gasteiger partial charge in [-0.3, -0.25) is 14.4 Å². The highest BCUT2D eigenvalue weighted by molar-refractivity contribution is 5.86. The Morgan fingerprint density at radius 3 is 2.05 bits per heavy atom. The molecule has 0 amide bonds. The van der Waals surface area contributed by atoms with E-state index in [0.29, 0.717) is 12.8 Å². The molecule has 0 aliphatic rings. The molecule has 0 bridgehead atoms. The Morgan fingerprint density at radius 2 is 1.58 bits per heavy atom. The average molecular weight is 270 g/mol. The van der Waals surface area contributed by atoms with Crippen LogP contribution in [0.3, 0.4) is 0 Å². The first-order valence-electron chi connectivity index (χ1n) is 6.86. The maximum atomic E-state index is 11.6. The van der Waals surface area contributed by atoms with Crippen LogP contribution in [-0.2, 0) is 19.1 Å². The van der Waals surface area contributed by atoms with Crippen LogP contribution in [0.4, 0.5) is 0 Å². The van der Waals surface area contributed by atoms with E-state index in [-0.39, 0.29) is 42.9 Å². The van der Waals surface area contributed by atoms with Crippen LogP contribution in [0.2, 0.25) is 0 Å². The lowest BCUT2D eigenvalue weighted by molar-refractivity contribution is -0.145. The van der Waals surface area contributed by atoms with Crippen molar-refractivity contribution < 1.29 is 19.1 Å². The van der Waals surface area contributed by atoms with Crippen LogP contribution in [0.5, 0.6) is 0 Å². The van der Waals surface area contributed by atoms with E-state index < -0.39 is 5.41 Å². The minimum absolute atomic E-state index is 0.0279. The predicted molar refractivity (Wildman–Crippen MR) is 73.7 cm³/mol. The Hall–Kier alpha value is -1.19. The van der Waals surface area contributed by atoms with Crippen molar-refractivity contribution in [1.29, 1.82) is 0 Å². The van der Waals surface area contributed by atoms with E-state index in [1.807, 2.05) is 34.6 Å². The van der Waals surface area contributed by atoms with E-state index in [9.17, 15) is 14.4 Å². The first-order valence-corrected chi connectivity index (χ1v) is 6.86. The number of Topliss-reactive ketones (excluding diaryl/α,β-unsaturated/α-hetero) is 2. The summed E-state index contributed by atoms with van der Waals surface area (Å²) in [5.74, 6) is -0.104. The van der Waals surface area contributed by atoms with Gasteiger partial charge in [0, 0.05) is 24.2 Å². The molecule has 0 saturated carbocycles. The lowest BCUT2D eigenvalue weighted by Gasteiger charge is -2.15. The van der Waals surface area contributed by atoms with Crippen LogP contribution in [0.15, 0.2) is 0 Å². The second-order valence-corrected chi connectivity index (χ2v) is 6.12. The summed E-state index contributed by atoms with van der Waals surface area (Å²) in [5, 5.41) is 0. The molecule has 0 spiro atoms. The van der Waals surface area contributed by atoms with E-state index in [2.05, 4.69) is 0 Å². The van der Waals surface area contributed by atoms with Crippen LogP contribution in [0, 0.1) is 11.3 Å². The van der Waals surface area contributed by atoms with Gasteiger partial charge in [-0.15, -0.1) is 0 Å². The van der Waals surface area contributed by atoms with Gasteiger partial charge in [0.05, 0.1) is 13.0 Å². The summed E-state index contributed by atoms with van der Waals surface area (Å²) in [6, 6.07) is 0. The fraction of sp³-hybridized carbons (Fsp3) is 0.800. The molecule has 0 fully saturated rings. The second-order valence-electron chi connectivity index (χ2n) is 6.12. The van der Waals surface area contributed by atoms with Crippen molar-refractivity contribution in [3.8, 4) is 0 Å². The molecule has 0 aromatic heterocycles. The zero-order chi connectivity index (χ0) is 15.1. The minimum Gasteiger partial charge on any atom is -0.466 e. The largest absolute Gasteiger partial charge is 0.466 e. The van der Waals surface area contributed by atoms with Gasteiger partial charge in [0.1, 0.15) is 11.6 Å². The van der Waals surface area contributed by atoms with Crippen LogP contribution in [0.25, 0.3) is 0 Å². The van der Waals surface area contributed by atoms with Crippen LogP contribution in [-0.4, -0.2) is 24.1 Å². The molecule has 4 heteroatoms. The number of ether oxygens (including phenoxy) is 1. The van der Waals surface area contributed by atoms with Gasteiger partial charge in [0.25, 0.3) is 0 Å². The number of ketones is 2. The van der Waals surface area contributed by atoms with Gasteiger partial charge in [0.15, 0.2) is 0 Å². The van der Waals surface area contributed by atoms with Crippen molar-refractivity contribution in [3.05, 3.63) is 0 Å². The van der Waals surface area contributed by atoms with E-state index in [4.69, 9.17) is 4.74 Å². The van der Waals surface area contributed by atoms with E-state index >= 15 is 0 Å². The molecule has 0 aromatic rings. The lowest BCUT2D eigenvalue weighted by atomic mass is 9.88. The topological polar surface area (TPSA) is 60.4 Å². The molecule has 0 aliphatic heterocycles. The maximum Gasteiger partial charge on any atom is 0.306 e. The van der Waals surface area contributed by atoms with Crippen LogP contribution >= 0.6 is 0 Å². The second kappa shape index (κ2) is 8.08. The van der Waals surface area contributed by atoms with Crippen molar-refractivity contribution in [3.63, 3.8) is 0 Å². The van der Waals surface area contributed by atoms with Gasteiger partial charge < -0.3 is 4.74 Å². The van der Waals surface area contributed by atoms with Gasteiger partial charge in [-0.25, -0.2) is 0 Å². The van der Waals surface area contributed by atoms with Crippen molar-refractivity contribution in [2.75, 3.05) is 6.61 Å². The molecular weight excluding hydrogens is 244 g/mol. The summed E-state index contributed by atoms with van der Waals surface area (Å²) in [5.41, 5.74) is -0.413. The monoisotopic (exact) mass is 270 g/mol. The number of carbonyl (C=O) groups excluding carboxylic acids is 3. The van der Waals surface area contributed by atoms with Gasteiger partial charge >= 0.3 is 5.97 Å². The zero-order valence-corrected chi connectivity index (χ0v) is 12.7. The molecule has 0 radical (unpaired) electrons. The molecule has 0 saturated heterocycles. The Morgan fingerprint density at radius 1 is 1.00 bits per heavy atom. The van der Waals surface area contributed by atoms with Crippen molar-refractivity contribution in [1.82, 2.24) is 0 Å². The predicted octanol–water partition coefficient (Wildman–Crippen LogP) is 2.93. The lowest BCUT2D eigenvalue weighted by Crippen LogP contribution is -2.21. The molecule has 110 valence electrons. The van der Waals surface area contributed by atoms with Crippen LogP contribution < -0.4 is 0 Å². The fourth-order valence-corrected chi connectivity index (χ4v) is 1.38. The Labute approximate surface area is 115 Å². The van der Waals surface area contributed by atoms with Crippen molar-refractivity contribution >= 4 is 17.5 Å². The number of esters is 1. The Kier molecular flexibility index (Phi) is 7.57. The van der Waals surface area contributed by atoms with E-state index in [0.717, 1.165) is 0 Å². The molecule has 0 heterocycles. The van der Waals surface area contributed by atoms with Crippen molar-refractivity contribution in [2.45, 2.75) is 60.3 Å². The highest BCUT2D eigenvalue weighted by Crippen LogP contribution is 2.17. The van der Waals surface area contributed by atoms with Gasteiger partial charge in [0.2, 0.25) is 0 Å². The third-order valence-corrected chi connectivity index (χ3v) is 2.87. The van der Waals surface area contributed by atoms with Gasteiger partial charge in [-0.05, 0) is 6.42 Å². The van der Waals surface area contributed by atoms with E-state index in [1.165, 1.54) is 0 Å². The summed E-state index contributed by atoms with van der Waals surface area (Å²) in [4.78, 5) is 34.3. The summed E-state index contributed by atoms with van der Waals surface area (Å²) in [6.45, 7) is 9.45. The standard InChI is InChI=1S/C15H26O4/c1-11(2)12(16)7-6-10-19-14(18)9-8-13(17)15(3,4)5/h11H,6-10H2,1-5H3. The summed E-state index contributed by atoms with van der Waals surface area (Å²) >= 11 is 0. The van der Waals surface area contributed by atoms with Crippen molar-refractivity contribution in [2.24, 2.45) is 11.3 Å². The number of hydrogen-bond acceptors (Lipinski definition) is 4. The van der Waals surface area contributed by atoms with Gasteiger partial charge in [-0.1, -0.05) is 34.6 Å². The smallest absolute Gasteiger partial charge is 0.306 e. The van der Waals surface area contributed by atoms with Crippen LogP contribution in [0.1, 0.15) is 60.3 Å². The maximum absolute atomic E-state index is 11.6. The molecule has 0 unspecified atom stereocenters. The third-order valence-electron chi connectivity index (χ3n) is 2.87. The third kappa shape index (κ3) is 8.51. The SMILES string of the molecule is CC(C)C(=O)CCCOC(=O)CCC(=O)C(C)(C)C. The minimum atomic E-state index is -0.413. The molecule has 19 heavy (non-hydrogen) atoms. The number of rotatable bonds is 8. The summed E-state index contributed by atoms with van der Waals surface area (Å²) in [7, 11) is 0.